The molecule has 0 saturated carbocycles. The fourth-order valence-electron chi connectivity index (χ4n) is 4.55. The second-order valence-corrected chi connectivity index (χ2v) is 9.83. The molecule has 0 unspecified atom stereocenters. The normalized spacial score (nSPS) is 21.7. The van der Waals surface area contributed by atoms with Gasteiger partial charge in [-0.05, 0) is 31.2 Å². The number of phenols is 8. The van der Waals surface area contributed by atoms with E-state index in [9.17, 15) is 60.7 Å². The molecule has 16 heteroatoms. The van der Waals surface area contributed by atoms with Crippen molar-refractivity contribution in [1.82, 2.24) is 0 Å². The van der Waals surface area contributed by atoms with Crippen molar-refractivity contribution < 1.29 is 74.5 Å². The Bertz CT molecular complexity index is 1800. The number of carbonyl (C=O) groups is 1. The Kier molecular flexibility index (Phi) is 7.42. The summed E-state index contributed by atoms with van der Waals surface area (Å²) in [7, 11) is 0. The van der Waals surface area contributed by atoms with Crippen LogP contribution in [0, 0.1) is 0 Å². The van der Waals surface area contributed by atoms with Crippen LogP contribution in [0.1, 0.15) is 17.3 Å². The first-order chi connectivity index (χ1) is 20.7. The summed E-state index contributed by atoms with van der Waals surface area (Å²) < 4.78 is 22.3. The van der Waals surface area contributed by atoms with Crippen molar-refractivity contribution in [3.8, 4) is 63.1 Å². The molecule has 0 radical (unpaired) electrons. The third-order valence-corrected chi connectivity index (χ3v) is 6.82. The van der Waals surface area contributed by atoms with E-state index in [1.54, 1.807) is 0 Å². The Hall–Kier alpha value is -5.58. The van der Waals surface area contributed by atoms with E-state index in [1.807, 2.05) is 0 Å². The Morgan fingerprint density at radius 3 is 1.93 bits per heavy atom. The van der Waals surface area contributed by atoms with Crippen LogP contribution in [-0.4, -0.2) is 87.7 Å². The number of aliphatic hydroxyl groups is 2. The molecule has 44 heavy (non-hydrogen) atoms. The van der Waals surface area contributed by atoms with Gasteiger partial charge in [-0.3, -0.25) is 4.79 Å². The van der Waals surface area contributed by atoms with Gasteiger partial charge >= 0.3 is 5.97 Å². The van der Waals surface area contributed by atoms with Crippen LogP contribution < -0.4 is 10.2 Å². The number of aromatic hydroxyl groups is 8. The fourth-order valence-corrected chi connectivity index (χ4v) is 4.55. The van der Waals surface area contributed by atoms with Crippen molar-refractivity contribution in [3.63, 3.8) is 0 Å². The van der Waals surface area contributed by atoms with Crippen molar-refractivity contribution >= 4 is 16.9 Å². The minimum Gasteiger partial charge on any atom is -0.508 e. The number of esters is 1. The zero-order valence-corrected chi connectivity index (χ0v) is 22.3. The summed E-state index contributed by atoms with van der Waals surface area (Å²) in [5, 5.41) is 100. The lowest BCUT2D eigenvalue weighted by Gasteiger charge is -2.40. The van der Waals surface area contributed by atoms with Crippen LogP contribution in [0.15, 0.2) is 45.6 Å². The first-order valence-electron chi connectivity index (χ1n) is 12.6. The van der Waals surface area contributed by atoms with Crippen molar-refractivity contribution in [2.24, 2.45) is 0 Å². The lowest BCUT2D eigenvalue weighted by Crippen LogP contribution is -2.60. The van der Waals surface area contributed by atoms with Gasteiger partial charge in [0.05, 0.1) is 11.7 Å². The molecule has 5 rings (SSSR count). The number of fused-ring (bicyclic) bond motifs is 1. The lowest BCUT2D eigenvalue weighted by atomic mass is 9.99. The number of carbonyl (C=O) groups excluding carboxylic acids is 1. The molecule has 5 atom stereocenters. The van der Waals surface area contributed by atoms with E-state index in [0.717, 1.165) is 36.4 Å². The molecule has 1 saturated heterocycles. The maximum absolute atomic E-state index is 13.7. The van der Waals surface area contributed by atoms with Gasteiger partial charge < -0.3 is 69.7 Å². The zero-order chi connectivity index (χ0) is 32.2. The Morgan fingerprint density at radius 2 is 1.34 bits per heavy atom. The van der Waals surface area contributed by atoms with Gasteiger partial charge in [0, 0.05) is 17.7 Å². The summed E-state index contributed by atoms with van der Waals surface area (Å²) in [6.07, 6.45) is -8.63. The van der Waals surface area contributed by atoms with Crippen LogP contribution in [0.3, 0.4) is 0 Å². The van der Waals surface area contributed by atoms with Gasteiger partial charge in [0.2, 0.25) is 17.5 Å². The molecule has 1 aliphatic rings. The van der Waals surface area contributed by atoms with E-state index in [2.05, 4.69) is 0 Å². The molecule has 1 aliphatic heterocycles. The van der Waals surface area contributed by atoms with Gasteiger partial charge in [-0.1, -0.05) is 0 Å². The monoisotopic (exact) mass is 616 g/mol. The smallest absolute Gasteiger partial charge is 0.339 e. The number of phenolic OH excluding ortho intramolecular Hbond substituents is 8. The van der Waals surface area contributed by atoms with E-state index < -0.39 is 111 Å². The summed E-state index contributed by atoms with van der Waals surface area (Å²) >= 11 is 0. The summed E-state index contributed by atoms with van der Waals surface area (Å²) in [4.78, 5) is 26.6. The van der Waals surface area contributed by atoms with Gasteiger partial charge in [0.25, 0.3) is 0 Å². The average Bonchev–Trinajstić information content (AvgIpc) is 2.95. The maximum Gasteiger partial charge on any atom is 0.339 e. The largest absolute Gasteiger partial charge is 0.508 e. The van der Waals surface area contributed by atoms with Gasteiger partial charge in [0.1, 0.15) is 34.7 Å². The summed E-state index contributed by atoms with van der Waals surface area (Å²) in [6, 6.07) is 5.02. The fraction of sp³-hybridized carbons (Fsp3) is 0.214. The van der Waals surface area contributed by atoms with Gasteiger partial charge in [-0.25, -0.2) is 4.79 Å². The third kappa shape index (κ3) is 5.13. The quantitative estimate of drug-likeness (QED) is 0.111. The van der Waals surface area contributed by atoms with Crippen molar-refractivity contribution in [1.29, 1.82) is 0 Å². The molecule has 0 spiro atoms. The Morgan fingerprint density at radius 1 is 0.773 bits per heavy atom. The SMILES string of the molecule is C[C@@H]1O[C@@H](Oc2c(-c3cc(O)c(O)c(O)c3)oc3cc(O)cc(O)c3c2=O)[C@H](OC(=O)c2cc(O)c(O)c(O)c2)[C@H](O)[C@H]1O. The molecule has 16 nitrogen and oxygen atoms in total. The molecule has 232 valence electrons. The first-order valence-corrected chi connectivity index (χ1v) is 12.6. The highest BCUT2D eigenvalue weighted by molar-refractivity contribution is 5.91. The molecular weight excluding hydrogens is 592 g/mol. The summed E-state index contributed by atoms with van der Waals surface area (Å²) in [5.41, 5.74) is -2.28. The Labute approximate surface area is 244 Å². The van der Waals surface area contributed by atoms with Gasteiger partial charge in [-0.15, -0.1) is 0 Å². The number of hydrogen-bond donors (Lipinski definition) is 10. The second-order valence-electron chi connectivity index (χ2n) is 9.83. The molecule has 2 heterocycles. The number of hydrogen-bond acceptors (Lipinski definition) is 16. The second kappa shape index (κ2) is 10.9. The number of rotatable bonds is 5. The van der Waals surface area contributed by atoms with Crippen molar-refractivity contribution in [3.05, 3.63) is 52.2 Å². The molecular formula is C28H24O16. The highest BCUT2D eigenvalue weighted by Crippen LogP contribution is 2.43. The van der Waals surface area contributed by atoms with Crippen LogP contribution in [0.4, 0.5) is 0 Å². The van der Waals surface area contributed by atoms with Crippen LogP contribution in [0.2, 0.25) is 0 Å². The third-order valence-electron chi connectivity index (χ3n) is 6.82. The van der Waals surface area contributed by atoms with Crippen LogP contribution >= 0.6 is 0 Å². The van der Waals surface area contributed by atoms with E-state index >= 15 is 0 Å². The number of aliphatic hydroxyl groups excluding tert-OH is 2. The maximum atomic E-state index is 13.7. The number of ether oxygens (including phenoxy) is 3. The average molecular weight is 616 g/mol. The molecule has 0 aliphatic carbocycles. The summed E-state index contributed by atoms with van der Waals surface area (Å²) in [5.74, 6) is -9.22. The highest BCUT2D eigenvalue weighted by atomic mass is 16.7. The molecule has 0 bridgehead atoms. The minimum absolute atomic E-state index is 0.275. The van der Waals surface area contributed by atoms with E-state index in [1.165, 1.54) is 6.92 Å². The molecule has 3 aromatic carbocycles. The molecule has 1 aromatic heterocycles. The van der Waals surface area contributed by atoms with E-state index in [4.69, 9.17) is 18.6 Å². The van der Waals surface area contributed by atoms with Crippen LogP contribution in [0.25, 0.3) is 22.3 Å². The van der Waals surface area contributed by atoms with Gasteiger partial charge in [0.15, 0.2) is 46.4 Å². The van der Waals surface area contributed by atoms with Gasteiger partial charge in [-0.2, -0.15) is 0 Å². The zero-order valence-electron chi connectivity index (χ0n) is 22.3. The Balaban J connectivity index is 1.64. The van der Waals surface area contributed by atoms with Crippen LogP contribution in [-0.2, 0) is 9.47 Å². The number of benzene rings is 3. The topological polar surface area (TPSA) is 277 Å². The van der Waals surface area contributed by atoms with Crippen molar-refractivity contribution in [2.75, 3.05) is 0 Å². The first kappa shape index (κ1) is 29.9. The predicted octanol–water partition coefficient (Wildman–Crippen LogP) is 1.18. The standard InChI is InChI=1S/C28H24O16/c1-8-19(35)23(39)26(43-27(40)10-4-15(33)21(37)16(34)5-10)28(41-8)44-25-22(38)18-12(30)6-11(29)7-17(18)42-24(25)9-2-13(31)20(36)14(32)3-9/h2-8,19,23,26,28-37,39H,1H3/t8-,19-,23+,26+,28-/m0/s1. The molecule has 0 amide bonds. The minimum atomic E-state index is -1.93. The van der Waals surface area contributed by atoms with Crippen LogP contribution in [0.5, 0.6) is 51.7 Å². The van der Waals surface area contributed by atoms with E-state index in [-0.39, 0.29) is 11.1 Å². The van der Waals surface area contributed by atoms with E-state index in [0.29, 0.717) is 0 Å². The summed E-state index contributed by atoms with van der Waals surface area (Å²) in [6.45, 7) is 1.31. The molecule has 4 aromatic rings. The molecule has 1 fully saturated rings. The van der Waals surface area contributed by atoms with Crippen molar-refractivity contribution in [2.45, 2.75) is 37.6 Å². The molecule has 10 N–H and O–H groups in total. The lowest BCUT2D eigenvalue weighted by molar-refractivity contribution is -0.267. The predicted molar refractivity (Wildman–Crippen MR) is 144 cm³/mol. The highest BCUT2D eigenvalue weighted by Gasteiger charge is 2.47.